The number of nitrogens with zero attached hydrogens (tertiary/aromatic N) is 2. The predicted molar refractivity (Wildman–Crippen MR) is 74.2 cm³/mol. The summed E-state index contributed by atoms with van der Waals surface area (Å²) in [5.41, 5.74) is 0. The van der Waals surface area contributed by atoms with Crippen molar-refractivity contribution < 1.29 is 19.4 Å². The van der Waals surface area contributed by atoms with Crippen molar-refractivity contribution in [3.63, 3.8) is 0 Å². The molecule has 0 spiro atoms. The number of hydrogen-bond acceptors (Lipinski definition) is 5. The highest BCUT2D eigenvalue weighted by atomic mass is 16.5. The third-order valence-corrected chi connectivity index (χ3v) is 3.43. The van der Waals surface area contributed by atoms with Gasteiger partial charge in [-0.1, -0.05) is 0 Å². The molecule has 0 bridgehead atoms. The van der Waals surface area contributed by atoms with Crippen molar-refractivity contribution in [1.82, 2.24) is 15.1 Å². The first-order chi connectivity index (χ1) is 9.63. The Morgan fingerprint density at radius 3 is 2.95 bits per heavy atom. The van der Waals surface area contributed by atoms with E-state index in [-0.39, 0.29) is 24.8 Å². The maximum Gasteiger partial charge on any atom is 0.240 e. The molecule has 0 aliphatic carbocycles. The minimum Gasteiger partial charge on any atom is -0.395 e. The third kappa shape index (κ3) is 4.73. The number of nitrogens with one attached hydrogen (secondary N) is 1. The van der Waals surface area contributed by atoms with Crippen molar-refractivity contribution in [2.24, 2.45) is 0 Å². The van der Waals surface area contributed by atoms with E-state index in [0.717, 1.165) is 0 Å². The summed E-state index contributed by atoms with van der Waals surface area (Å²) in [6.07, 6.45) is 0.135. The average molecular weight is 287 g/mol. The molecule has 1 aliphatic rings. The highest BCUT2D eigenvalue weighted by Gasteiger charge is 2.30. The van der Waals surface area contributed by atoms with Crippen LogP contribution >= 0.6 is 0 Å². The van der Waals surface area contributed by atoms with Gasteiger partial charge in [-0.3, -0.25) is 9.59 Å². The minimum absolute atomic E-state index is 0.0540. The number of piperazine rings is 1. The number of methoxy groups -OCH3 is 1. The Morgan fingerprint density at radius 1 is 1.60 bits per heavy atom. The molecule has 1 heterocycles. The van der Waals surface area contributed by atoms with E-state index in [1.807, 2.05) is 6.92 Å². The van der Waals surface area contributed by atoms with E-state index in [1.54, 1.807) is 16.9 Å². The van der Waals surface area contributed by atoms with Gasteiger partial charge in [-0.2, -0.15) is 0 Å². The average Bonchev–Trinajstić information content (AvgIpc) is 2.45. The van der Waals surface area contributed by atoms with Crippen molar-refractivity contribution in [2.45, 2.75) is 19.4 Å². The molecule has 1 atom stereocenters. The van der Waals surface area contributed by atoms with Crippen LogP contribution in [-0.2, 0) is 14.3 Å². The molecule has 0 aromatic heterocycles. The Kier molecular flexibility index (Phi) is 7.50. The van der Waals surface area contributed by atoms with Crippen LogP contribution in [0.25, 0.3) is 0 Å². The second-order valence-corrected chi connectivity index (χ2v) is 4.73. The van der Waals surface area contributed by atoms with Gasteiger partial charge in [-0.15, -0.1) is 0 Å². The number of carbonyl (C=O) groups is 2. The molecule has 7 heteroatoms. The van der Waals surface area contributed by atoms with Crippen molar-refractivity contribution in [3.05, 3.63) is 0 Å². The van der Waals surface area contributed by atoms with Crippen molar-refractivity contribution >= 4 is 11.8 Å². The van der Waals surface area contributed by atoms with E-state index in [9.17, 15) is 9.59 Å². The molecule has 2 amide bonds. The summed E-state index contributed by atoms with van der Waals surface area (Å²) in [6, 6.07) is -0.471. The van der Waals surface area contributed by atoms with Crippen molar-refractivity contribution in [2.75, 3.05) is 53.0 Å². The predicted octanol–water partition coefficient (Wildman–Crippen LogP) is -1.34. The lowest BCUT2D eigenvalue weighted by atomic mass is 10.1. The SMILES string of the molecule is CCN(CCO)C(=O)CC1NCCN(CCOC)C1=O. The molecule has 1 rings (SSSR count). The zero-order valence-electron chi connectivity index (χ0n) is 12.3. The standard InChI is InChI=1S/C13H25N3O4/c1-3-15(6-8-17)12(18)10-11-13(19)16(5-4-14-11)7-9-20-2/h11,14,17H,3-10H2,1-2H3. The molecule has 7 nitrogen and oxygen atoms in total. The van der Waals surface area contributed by atoms with E-state index < -0.39 is 6.04 Å². The molecule has 0 radical (unpaired) electrons. The van der Waals surface area contributed by atoms with E-state index in [4.69, 9.17) is 9.84 Å². The molecule has 0 aromatic rings. The van der Waals surface area contributed by atoms with Crippen molar-refractivity contribution in [1.29, 1.82) is 0 Å². The Balaban J connectivity index is 2.53. The molecule has 1 fully saturated rings. The summed E-state index contributed by atoms with van der Waals surface area (Å²) < 4.78 is 4.98. The van der Waals surface area contributed by atoms with Crippen LogP contribution in [0, 0.1) is 0 Å². The Labute approximate surface area is 119 Å². The number of carbonyl (C=O) groups excluding carboxylic acids is 2. The van der Waals surface area contributed by atoms with Crippen LogP contribution in [0.3, 0.4) is 0 Å². The van der Waals surface area contributed by atoms with Crippen LogP contribution in [0.15, 0.2) is 0 Å². The van der Waals surface area contributed by atoms with Crippen LogP contribution in [0.5, 0.6) is 0 Å². The highest BCUT2D eigenvalue weighted by Crippen LogP contribution is 2.07. The molecule has 0 saturated carbocycles. The first-order valence-electron chi connectivity index (χ1n) is 7.03. The molecule has 0 aromatic carbocycles. The number of ether oxygens (including phenoxy) is 1. The molecule has 2 N–H and O–H groups in total. The van der Waals surface area contributed by atoms with Crippen molar-refractivity contribution in [3.8, 4) is 0 Å². The van der Waals surface area contributed by atoms with Gasteiger partial charge in [0.05, 0.1) is 25.7 Å². The second-order valence-electron chi connectivity index (χ2n) is 4.73. The summed E-state index contributed by atoms with van der Waals surface area (Å²) in [5, 5.41) is 12.0. The monoisotopic (exact) mass is 287 g/mol. The zero-order valence-corrected chi connectivity index (χ0v) is 12.3. The Bertz CT molecular complexity index is 325. The fraction of sp³-hybridized carbons (Fsp3) is 0.846. The van der Waals surface area contributed by atoms with E-state index in [0.29, 0.717) is 39.3 Å². The van der Waals surface area contributed by atoms with Crippen LogP contribution in [0.1, 0.15) is 13.3 Å². The first kappa shape index (κ1) is 16.9. The van der Waals surface area contributed by atoms with Crippen LogP contribution in [0.2, 0.25) is 0 Å². The number of aliphatic hydroxyl groups is 1. The molecule has 1 saturated heterocycles. The summed E-state index contributed by atoms with van der Waals surface area (Å²) in [5.74, 6) is -0.164. The van der Waals surface area contributed by atoms with Crippen LogP contribution in [-0.4, -0.2) is 85.8 Å². The van der Waals surface area contributed by atoms with E-state index in [2.05, 4.69) is 5.32 Å². The fourth-order valence-electron chi connectivity index (χ4n) is 2.26. The smallest absolute Gasteiger partial charge is 0.240 e. The van der Waals surface area contributed by atoms with Crippen LogP contribution in [0.4, 0.5) is 0 Å². The van der Waals surface area contributed by atoms with Gasteiger partial charge in [-0.25, -0.2) is 0 Å². The minimum atomic E-state index is -0.471. The summed E-state index contributed by atoms with van der Waals surface area (Å²) >= 11 is 0. The van der Waals surface area contributed by atoms with E-state index in [1.165, 1.54) is 0 Å². The number of likely N-dealkylation sites (N-methyl/N-ethyl adjacent to an activating group) is 1. The summed E-state index contributed by atoms with van der Waals surface area (Å²) in [6.45, 7) is 5.01. The Morgan fingerprint density at radius 2 is 2.35 bits per heavy atom. The largest absolute Gasteiger partial charge is 0.395 e. The first-order valence-corrected chi connectivity index (χ1v) is 7.03. The third-order valence-electron chi connectivity index (χ3n) is 3.43. The highest BCUT2D eigenvalue weighted by molar-refractivity contribution is 5.89. The van der Waals surface area contributed by atoms with Gasteiger partial charge in [0.15, 0.2) is 0 Å². The molecular formula is C13H25N3O4. The summed E-state index contributed by atoms with van der Waals surface area (Å²) in [7, 11) is 1.60. The lowest BCUT2D eigenvalue weighted by Crippen LogP contribution is -2.57. The lowest BCUT2D eigenvalue weighted by Gasteiger charge is -2.33. The second kappa shape index (κ2) is 8.89. The lowest BCUT2D eigenvalue weighted by molar-refractivity contribution is -0.141. The maximum atomic E-state index is 12.2. The zero-order chi connectivity index (χ0) is 15.0. The molecular weight excluding hydrogens is 262 g/mol. The molecule has 20 heavy (non-hydrogen) atoms. The fourth-order valence-corrected chi connectivity index (χ4v) is 2.26. The molecule has 1 aliphatic heterocycles. The van der Waals surface area contributed by atoms with Gasteiger partial charge >= 0.3 is 0 Å². The quantitative estimate of drug-likeness (QED) is 0.578. The Hall–Kier alpha value is -1.18. The number of aliphatic hydroxyl groups excluding tert-OH is 1. The van der Waals surface area contributed by atoms with Gasteiger partial charge < -0.3 is 25.0 Å². The van der Waals surface area contributed by atoms with Gasteiger partial charge in [0.1, 0.15) is 0 Å². The van der Waals surface area contributed by atoms with E-state index >= 15 is 0 Å². The van der Waals surface area contributed by atoms with Gasteiger partial charge in [-0.05, 0) is 6.92 Å². The molecule has 116 valence electrons. The van der Waals surface area contributed by atoms with Gasteiger partial charge in [0.2, 0.25) is 11.8 Å². The van der Waals surface area contributed by atoms with Gasteiger partial charge in [0.25, 0.3) is 0 Å². The number of amides is 2. The topological polar surface area (TPSA) is 82.1 Å². The number of hydrogen-bond donors (Lipinski definition) is 2. The number of rotatable bonds is 8. The van der Waals surface area contributed by atoms with Gasteiger partial charge in [0, 0.05) is 39.8 Å². The maximum absolute atomic E-state index is 12.2. The van der Waals surface area contributed by atoms with Crippen LogP contribution < -0.4 is 5.32 Å². The normalized spacial score (nSPS) is 19.2. The summed E-state index contributed by atoms with van der Waals surface area (Å²) in [4.78, 5) is 27.6. The molecule has 1 unspecified atom stereocenters.